The van der Waals surface area contributed by atoms with Crippen molar-refractivity contribution in [2.45, 2.75) is 116 Å². The van der Waals surface area contributed by atoms with Gasteiger partial charge in [0.2, 0.25) is 11.6 Å². The molecule has 0 spiro atoms. The summed E-state index contributed by atoms with van der Waals surface area (Å²) in [4.78, 5) is 22.1. The van der Waals surface area contributed by atoms with Crippen LogP contribution in [0.2, 0.25) is 0 Å². The van der Waals surface area contributed by atoms with Crippen LogP contribution >= 0.6 is 0 Å². The molecule has 1 fully saturated rings. The summed E-state index contributed by atoms with van der Waals surface area (Å²) in [7, 11) is 0. The van der Waals surface area contributed by atoms with Gasteiger partial charge in [0.25, 0.3) is 0 Å². The predicted octanol–water partition coefficient (Wildman–Crippen LogP) is 6.05. The highest BCUT2D eigenvalue weighted by atomic mass is 17.4. The Labute approximate surface area is 136 Å². The summed E-state index contributed by atoms with van der Waals surface area (Å²) >= 11 is 0. The van der Waals surface area contributed by atoms with Crippen LogP contribution in [0.25, 0.3) is 0 Å². The molecule has 0 unspecified atom stereocenters. The zero-order valence-corrected chi connectivity index (χ0v) is 15.1. The number of hydrogen-bond donors (Lipinski definition) is 0. The van der Waals surface area contributed by atoms with Crippen molar-refractivity contribution in [3.05, 3.63) is 0 Å². The van der Waals surface area contributed by atoms with Crippen molar-refractivity contribution >= 4 is 0 Å². The Morgan fingerprint density at radius 3 is 1.14 bits per heavy atom. The van der Waals surface area contributed by atoms with Crippen LogP contribution < -0.4 is 0 Å². The average Bonchev–Trinajstić information content (AvgIpc) is 2.51. The van der Waals surface area contributed by atoms with Crippen LogP contribution in [0.15, 0.2) is 0 Å². The van der Waals surface area contributed by atoms with Crippen LogP contribution in [-0.4, -0.2) is 11.6 Å². The Morgan fingerprint density at radius 2 is 0.818 bits per heavy atom. The maximum atomic E-state index is 5.52. The van der Waals surface area contributed by atoms with Crippen molar-refractivity contribution in [3.63, 3.8) is 0 Å². The maximum Gasteiger partial charge on any atom is 0.231 e. The Kier molecular flexibility index (Phi) is 9.57. The lowest BCUT2D eigenvalue weighted by atomic mass is 10.1. The molecule has 0 bridgehead atoms. The fourth-order valence-corrected chi connectivity index (χ4v) is 2.65. The van der Waals surface area contributed by atoms with Crippen LogP contribution in [0.1, 0.15) is 105 Å². The van der Waals surface area contributed by atoms with Crippen LogP contribution in [-0.2, 0) is 19.6 Å². The highest BCUT2D eigenvalue weighted by Gasteiger charge is 2.42. The molecule has 0 atom stereocenters. The van der Waals surface area contributed by atoms with Gasteiger partial charge in [-0.15, -0.1) is 0 Å². The second-order valence-electron chi connectivity index (χ2n) is 6.93. The highest BCUT2D eigenvalue weighted by molar-refractivity contribution is 4.66. The largest absolute Gasteiger partial charge is 0.231 e. The van der Waals surface area contributed by atoms with Crippen molar-refractivity contribution in [2.75, 3.05) is 0 Å². The zero-order valence-electron chi connectivity index (χ0n) is 15.1. The monoisotopic (exact) mass is 316 g/mol. The van der Waals surface area contributed by atoms with Crippen molar-refractivity contribution in [1.29, 1.82) is 0 Å². The van der Waals surface area contributed by atoms with E-state index in [4.69, 9.17) is 19.6 Å². The molecule has 0 saturated carbocycles. The van der Waals surface area contributed by atoms with E-state index in [1.165, 1.54) is 51.4 Å². The van der Waals surface area contributed by atoms with E-state index in [1.54, 1.807) is 0 Å². The van der Waals surface area contributed by atoms with Gasteiger partial charge >= 0.3 is 0 Å². The van der Waals surface area contributed by atoms with Crippen molar-refractivity contribution in [1.82, 2.24) is 0 Å². The van der Waals surface area contributed by atoms with Gasteiger partial charge in [-0.2, -0.15) is 19.6 Å². The van der Waals surface area contributed by atoms with E-state index in [0.29, 0.717) is 0 Å². The van der Waals surface area contributed by atoms with Crippen molar-refractivity contribution in [2.24, 2.45) is 0 Å². The van der Waals surface area contributed by atoms with E-state index in [9.17, 15) is 0 Å². The molecule has 1 saturated heterocycles. The van der Waals surface area contributed by atoms with Crippen molar-refractivity contribution < 1.29 is 19.6 Å². The Morgan fingerprint density at radius 1 is 0.500 bits per heavy atom. The molecular formula is C18H36O4. The number of rotatable bonds is 12. The third-order valence-corrected chi connectivity index (χ3v) is 4.26. The topological polar surface area (TPSA) is 36.9 Å². The molecule has 0 radical (unpaired) electrons. The summed E-state index contributed by atoms with van der Waals surface area (Å²) in [6, 6.07) is 0. The van der Waals surface area contributed by atoms with E-state index >= 15 is 0 Å². The second kappa shape index (κ2) is 10.6. The van der Waals surface area contributed by atoms with E-state index in [2.05, 4.69) is 13.8 Å². The molecule has 1 rings (SSSR count). The van der Waals surface area contributed by atoms with Crippen molar-refractivity contribution in [3.8, 4) is 0 Å². The minimum atomic E-state index is -0.770. The fourth-order valence-electron chi connectivity index (χ4n) is 2.65. The molecule has 0 N–H and O–H groups in total. The minimum Gasteiger partial charge on any atom is -0.195 e. The Balaban J connectivity index is 2.17. The van der Waals surface area contributed by atoms with Gasteiger partial charge in [-0.25, -0.2) is 0 Å². The van der Waals surface area contributed by atoms with Gasteiger partial charge in [-0.05, 0) is 26.7 Å². The minimum absolute atomic E-state index is 0.770. The summed E-state index contributed by atoms with van der Waals surface area (Å²) in [5.74, 6) is -1.54. The van der Waals surface area contributed by atoms with E-state index in [0.717, 1.165) is 25.7 Å². The zero-order chi connectivity index (χ0) is 16.3. The molecule has 1 aliphatic rings. The molecule has 0 aromatic rings. The van der Waals surface area contributed by atoms with E-state index < -0.39 is 11.6 Å². The normalized spacial score (nSPS) is 28.9. The van der Waals surface area contributed by atoms with Gasteiger partial charge < -0.3 is 0 Å². The highest BCUT2D eigenvalue weighted by Crippen LogP contribution is 2.34. The quantitative estimate of drug-likeness (QED) is 0.324. The number of hydrogen-bond acceptors (Lipinski definition) is 4. The van der Waals surface area contributed by atoms with Gasteiger partial charge in [0.05, 0.1) is 0 Å². The fraction of sp³-hybridized carbons (Fsp3) is 1.00. The molecule has 0 amide bonds. The van der Waals surface area contributed by atoms with Gasteiger partial charge in [-0.1, -0.05) is 65.2 Å². The van der Waals surface area contributed by atoms with Crippen LogP contribution in [0.4, 0.5) is 0 Å². The smallest absolute Gasteiger partial charge is 0.195 e. The molecule has 1 aliphatic heterocycles. The second-order valence-corrected chi connectivity index (χ2v) is 6.93. The molecule has 1 heterocycles. The molecule has 132 valence electrons. The van der Waals surface area contributed by atoms with Crippen LogP contribution in [0.3, 0.4) is 0 Å². The first-order chi connectivity index (χ1) is 10.5. The molecule has 0 aliphatic carbocycles. The van der Waals surface area contributed by atoms with Gasteiger partial charge in [0.15, 0.2) is 0 Å². The molecule has 0 aromatic carbocycles. The molecule has 4 heteroatoms. The predicted molar refractivity (Wildman–Crippen MR) is 87.9 cm³/mol. The lowest BCUT2D eigenvalue weighted by Gasteiger charge is -2.39. The molecule has 22 heavy (non-hydrogen) atoms. The first kappa shape index (κ1) is 19.9. The summed E-state index contributed by atoms with van der Waals surface area (Å²) in [6.07, 6.45) is 13.8. The summed E-state index contributed by atoms with van der Waals surface area (Å²) in [6.45, 7) is 8.21. The summed E-state index contributed by atoms with van der Waals surface area (Å²) in [5, 5.41) is 0. The first-order valence-corrected chi connectivity index (χ1v) is 9.27. The maximum absolute atomic E-state index is 5.52. The first-order valence-electron chi connectivity index (χ1n) is 9.27. The number of unbranched alkanes of at least 4 members (excludes halogenated alkanes) is 8. The third-order valence-electron chi connectivity index (χ3n) is 4.26. The van der Waals surface area contributed by atoms with Crippen LogP contribution in [0.5, 0.6) is 0 Å². The summed E-state index contributed by atoms with van der Waals surface area (Å²) in [5.41, 5.74) is 0. The third kappa shape index (κ3) is 7.91. The Hall–Kier alpha value is -0.160. The van der Waals surface area contributed by atoms with Gasteiger partial charge in [-0.3, -0.25) is 0 Å². The molecule has 4 nitrogen and oxygen atoms in total. The Bertz CT molecular complexity index is 244. The van der Waals surface area contributed by atoms with Gasteiger partial charge in [0.1, 0.15) is 0 Å². The molecular weight excluding hydrogens is 280 g/mol. The van der Waals surface area contributed by atoms with Gasteiger partial charge in [0, 0.05) is 12.8 Å². The molecule has 0 aromatic heterocycles. The lowest BCUT2D eigenvalue weighted by molar-refractivity contribution is -0.652. The van der Waals surface area contributed by atoms with E-state index in [1.807, 2.05) is 13.8 Å². The lowest BCUT2D eigenvalue weighted by Crippen LogP contribution is -2.47. The van der Waals surface area contributed by atoms with E-state index in [-0.39, 0.29) is 0 Å². The standard InChI is InChI=1S/C18H36O4/c1-5-7-9-11-13-15-17(3)19-21-18(4,22-20-17)16-14-12-10-8-6-2/h5-16H2,1-4H3. The SMILES string of the molecule is CCCCCCCC1(C)OOC(C)(CCCCCCC)OO1. The van der Waals surface area contributed by atoms with Crippen LogP contribution in [0, 0.1) is 0 Å². The summed E-state index contributed by atoms with van der Waals surface area (Å²) < 4.78 is 0. The average molecular weight is 316 g/mol.